The van der Waals surface area contributed by atoms with Crippen molar-refractivity contribution >= 4 is 17.5 Å². The number of hydrazine groups is 1. The van der Waals surface area contributed by atoms with Gasteiger partial charge in [-0.2, -0.15) is 5.10 Å². The van der Waals surface area contributed by atoms with Crippen molar-refractivity contribution in [3.63, 3.8) is 0 Å². The lowest BCUT2D eigenvalue weighted by Gasteiger charge is -2.22. The Kier molecular flexibility index (Phi) is 5.73. The van der Waals surface area contributed by atoms with Crippen LogP contribution in [-0.2, 0) is 32.7 Å². The highest BCUT2D eigenvalue weighted by atomic mass is 16.2. The van der Waals surface area contributed by atoms with Gasteiger partial charge in [0.15, 0.2) is 5.82 Å². The van der Waals surface area contributed by atoms with Crippen LogP contribution >= 0.6 is 0 Å². The molecule has 2 aliphatic rings. The van der Waals surface area contributed by atoms with Crippen molar-refractivity contribution in [1.82, 2.24) is 20.1 Å². The van der Waals surface area contributed by atoms with E-state index in [9.17, 15) is 4.79 Å². The molecule has 0 bridgehead atoms. The molecule has 2 aromatic rings. The van der Waals surface area contributed by atoms with Crippen molar-refractivity contribution in [2.75, 3.05) is 31.5 Å². The number of anilines is 2. The third kappa shape index (κ3) is 3.78. The number of carbonyl (C=O) groups excluding carboxylic acids is 1. The van der Waals surface area contributed by atoms with Crippen LogP contribution in [0.15, 0.2) is 12.1 Å². The van der Waals surface area contributed by atoms with Crippen LogP contribution in [0.5, 0.6) is 0 Å². The minimum Gasteiger partial charge on any atom is -0.306 e. The summed E-state index contributed by atoms with van der Waals surface area (Å²) in [4.78, 5) is 15.1. The highest BCUT2D eigenvalue weighted by Gasteiger charge is 2.25. The van der Waals surface area contributed by atoms with Crippen molar-refractivity contribution in [2.45, 2.75) is 57.9 Å². The van der Waals surface area contributed by atoms with Crippen molar-refractivity contribution in [1.29, 1.82) is 0 Å². The number of benzene rings is 1. The van der Waals surface area contributed by atoms with Gasteiger partial charge in [-0.1, -0.05) is 13.0 Å². The highest BCUT2D eigenvalue weighted by molar-refractivity contribution is 5.92. The van der Waals surface area contributed by atoms with Crippen LogP contribution in [0.25, 0.3) is 0 Å². The van der Waals surface area contributed by atoms with Crippen molar-refractivity contribution < 1.29 is 4.79 Å². The molecule has 1 atom stereocenters. The van der Waals surface area contributed by atoms with E-state index in [2.05, 4.69) is 47.8 Å². The average Bonchev–Trinajstić information content (AvgIpc) is 3.42. The summed E-state index contributed by atoms with van der Waals surface area (Å²) in [6.07, 6.45) is 7.71. The standard InChI is InChI=1S/C23H34N6O/c1-6-19(27(2)3)20-14-21(25-28(20)4)29(5)26-23(30)24-22-17-11-7-9-15(17)13-16-10-8-12-18(16)22/h13-14,19H,6-12H2,1-5H3,(H2,24,26,30). The Morgan fingerprint density at radius 2 is 1.73 bits per heavy atom. The number of hydrogen-bond donors (Lipinski definition) is 2. The van der Waals surface area contributed by atoms with Gasteiger partial charge in [0.2, 0.25) is 0 Å². The number of fused-ring (bicyclic) bond motifs is 2. The first-order valence-corrected chi connectivity index (χ1v) is 11.1. The molecule has 7 nitrogen and oxygen atoms in total. The molecular formula is C23H34N6O. The molecule has 0 saturated heterocycles. The molecule has 0 aliphatic heterocycles. The minimum absolute atomic E-state index is 0.209. The first-order chi connectivity index (χ1) is 14.4. The summed E-state index contributed by atoms with van der Waals surface area (Å²) >= 11 is 0. The molecule has 30 heavy (non-hydrogen) atoms. The zero-order valence-electron chi connectivity index (χ0n) is 18.9. The summed E-state index contributed by atoms with van der Waals surface area (Å²) in [5.74, 6) is 0.728. The summed E-state index contributed by atoms with van der Waals surface area (Å²) in [7, 11) is 7.94. The van der Waals surface area contributed by atoms with Crippen LogP contribution in [0.2, 0.25) is 0 Å². The molecule has 2 aliphatic carbocycles. The van der Waals surface area contributed by atoms with Gasteiger partial charge < -0.3 is 10.2 Å². The smallest absolute Gasteiger partial charge is 0.306 e. The summed E-state index contributed by atoms with van der Waals surface area (Å²) < 4.78 is 1.90. The predicted molar refractivity (Wildman–Crippen MR) is 121 cm³/mol. The average molecular weight is 411 g/mol. The molecule has 0 fully saturated rings. The van der Waals surface area contributed by atoms with Crippen LogP contribution < -0.4 is 15.8 Å². The van der Waals surface area contributed by atoms with Crippen LogP contribution in [0.4, 0.5) is 16.3 Å². The number of carbonyl (C=O) groups is 1. The summed E-state index contributed by atoms with van der Waals surface area (Å²) in [5.41, 5.74) is 10.7. The Labute approximate surface area is 179 Å². The molecular weight excluding hydrogens is 376 g/mol. The molecule has 2 N–H and O–H groups in total. The molecule has 0 saturated carbocycles. The van der Waals surface area contributed by atoms with Gasteiger partial charge in [0.25, 0.3) is 0 Å². The largest absolute Gasteiger partial charge is 0.338 e. The quantitative estimate of drug-likeness (QED) is 0.715. The number of aryl methyl sites for hydroxylation is 3. The number of urea groups is 1. The second-order valence-electron chi connectivity index (χ2n) is 8.80. The van der Waals surface area contributed by atoms with E-state index in [-0.39, 0.29) is 12.1 Å². The third-order valence-corrected chi connectivity index (χ3v) is 6.58. The van der Waals surface area contributed by atoms with Crippen LogP contribution in [0, 0.1) is 0 Å². The summed E-state index contributed by atoms with van der Waals surface area (Å²) in [5, 5.41) is 9.49. The Morgan fingerprint density at radius 3 is 2.30 bits per heavy atom. The number of rotatable bonds is 6. The Morgan fingerprint density at radius 1 is 1.10 bits per heavy atom. The number of nitrogens with one attached hydrogen (secondary N) is 2. The first-order valence-electron chi connectivity index (χ1n) is 11.1. The van der Waals surface area contributed by atoms with Gasteiger partial charge in [-0.15, -0.1) is 0 Å². The van der Waals surface area contributed by atoms with Crippen molar-refractivity contribution in [3.05, 3.63) is 40.1 Å². The van der Waals surface area contributed by atoms with E-state index in [1.165, 1.54) is 35.1 Å². The van der Waals surface area contributed by atoms with E-state index in [1.54, 1.807) is 5.01 Å². The van der Waals surface area contributed by atoms with Gasteiger partial charge in [-0.3, -0.25) is 9.69 Å². The molecule has 162 valence electrons. The molecule has 7 heteroatoms. The van der Waals surface area contributed by atoms with Crippen LogP contribution in [0.1, 0.15) is 60.2 Å². The van der Waals surface area contributed by atoms with E-state index < -0.39 is 0 Å². The van der Waals surface area contributed by atoms with Crippen LogP contribution in [-0.4, -0.2) is 41.9 Å². The normalized spacial score (nSPS) is 15.8. The molecule has 1 heterocycles. The molecule has 1 aromatic carbocycles. The highest BCUT2D eigenvalue weighted by Crippen LogP contribution is 2.38. The number of aromatic nitrogens is 2. The Hall–Kier alpha value is -2.54. The zero-order valence-corrected chi connectivity index (χ0v) is 18.9. The van der Waals surface area contributed by atoms with Gasteiger partial charge in [0.1, 0.15) is 0 Å². The summed E-state index contributed by atoms with van der Waals surface area (Å²) in [6, 6.07) is 4.50. The maximum atomic E-state index is 12.9. The van der Waals surface area contributed by atoms with Gasteiger partial charge in [-0.25, -0.2) is 10.2 Å². The fourth-order valence-electron chi connectivity index (χ4n) is 5.10. The molecule has 0 spiro atoms. The SMILES string of the molecule is CCC(c1cc(N(C)NC(=O)Nc2c3c(cc4c2CCC4)CCC3)nn1C)N(C)C. The zero-order chi connectivity index (χ0) is 21.4. The summed E-state index contributed by atoms with van der Waals surface area (Å²) in [6.45, 7) is 2.17. The fourth-order valence-corrected chi connectivity index (χ4v) is 5.10. The topological polar surface area (TPSA) is 65.4 Å². The monoisotopic (exact) mass is 410 g/mol. The predicted octanol–water partition coefficient (Wildman–Crippen LogP) is 3.58. The van der Waals surface area contributed by atoms with Crippen molar-refractivity contribution in [2.24, 2.45) is 7.05 Å². The van der Waals surface area contributed by atoms with E-state index >= 15 is 0 Å². The molecule has 2 amide bonds. The first kappa shape index (κ1) is 20.7. The molecule has 0 radical (unpaired) electrons. The molecule has 1 unspecified atom stereocenters. The van der Waals surface area contributed by atoms with E-state index in [0.717, 1.165) is 49.3 Å². The second kappa shape index (κ2) is 8.30. The Bertz CT molecular complexity index is 915. The maximum absolute atomic E-state index is 12.9. The lowest BCUT2D eigenvalue weighted by Crippen LogP contribution is -2.42. The fraction of sp³-hybridized carbons (Fsp3) is 0.565. The molecule has 1 aromatic heterocycles. The second-order valence-corrected chi connectivity index (χ2v) is 8.80. The number of nitrogens with zero attached hydrogens (tertiary/aromatic N) is 4. The Balaban J connectivity index is 1.50. The van der Waals surface area contributed by atoms with Gasteiger partial charge in [-0.05, 0) is 81.3 Å². The van der Waals surface area contributed by atoms with E-state index in [1.807, 2.05) is 24.8 Å². The van der Waals surface area contributed by atoms with E-state index in [0.29, 0.717) is 0 Å². The number of hydrogen-bond acceptors (Lipinski definition) is 4. The van der Waals surface area contributed by atoms with Crippen LogP contribution in [0.3, 0.4) is 0 Å². The van der Waals surface area contributed by atoms with Crippen molar-refractivity contribution in [3.8, 4) is 0 Å². The van der Waals surface area contributed by atoms with E-state index in [4.69, 9.17) is 0 Å². The lowest BCUT2D eigenvalue weighted by atomic mass is 9.99. The third-order valence-electron chi connectivity index (χ3n) is 6.58. The van der Waals surface area contributed by atoms with Gasteiger partial charge in [0.05, 0.1) is 11.7 Å². The van der Waals surface area contributed by atoms with Gasteiger partial charge >= 0.3 is 6.03 Å². The number of amides is 2. The molecule has 4 rings (SSSR count). The minimum atomic E-state index is -0.209. The maximum Gasteiger partial charge on any atom is 0.338 e. The lowest BCUT2D eigenvalue weighted by molar-refractivity contribution is 0.251. The van der Waals surface area contributed by atoms with Gasteiger partial charge in [0, 0.05) is 25.8 Å².